The normalized spacial score (nSPS) is 15.6. The molecule has 5 heteroatoms. The van der Waals surface area contributed by atoms with Gasteiger partial charge in [-0.25, -0.2) is 0 Å². The Balaban J connectivity index is 1.67. The summed E-state index contributed by atoms with van der Waals surface area (Å²) < 4.78 is 0. The molecule has 0 radical (unpaired) electrons. The van der Waals surface area contributed by atoms with Crippen LogP contribution in [0.3, 0.4) is 0 Å². The smallest absolute Gasteiger partial charge is 0.241 e. The summed E-state index contributed by atoms with van der Waals surface area (Å²) >= 11 is 0. The molecule has 5 nitrogen and oxygen atoms in total. The zero-order valence-corrected chi connectivity index (χ0v) is 13.0. The van der Waals surface area contributed by atoms with Crippen molar-refractivity contribution in [2.24, 2.45) is 11.7 Å². The first kappa shape index (κ1) is 16.5. The summed E-state index contributed by atoms with van der Waals surface area (Å²) in [4.78, 5) is 24.9. The maximum Gasteiger partial charge on any atom is 0.241 e. The van der Waals surface area contributed by atoms with E-state index in [-0.39, 0.29) is 24.9 Å². The highest BCUT2D eigenvalue weighted by Crippen LogP contribution is 2.22. The van der Waals surface area contributed by atoms with Crippen molar-refractivity contribution in [1.82, 2.24) is 10.2 Å². The van der Waals surface area contributed by atoms with Gasteiger partial charge in [0.15, 0.2) is 0 Å². The van der Waals surface area contributed by atoms with Crippen LogP contribution < -0.4 is 11.1 Å². The van der Waals surface area contributed by atoms with Gasteiger partial charge in [0.05, 0.1) is 13.1 Å². The van der Waals surface area contributed by atoms with E-state index in [4.69, 9.17) is 5.73 Å². The molecule has 1 aliphatic rings. The van der Waals surface area contributed by atoms with Gasteiger partial charge in [-0.05, 0) is 37.2 Å². The summed E-state index contributed by atoms with van der Waals surface area (Å²) in [6, 6.07) is 10.5. The van der Waals surface area contributed by atoms with Gasteiger partial charge in [-0.1, -0.05) is 30.3 Å². The summed E-state index contributed by atoms with van der Waals surface area (Å²) in [6.45, 7) is 1.56. The lowest BCUT2D eigenvalue weighted by Crippen LogP contribution is -2.45. The molecule has 0 atom stereocenters. The lowest BCUT2D eigenvalue weighted by Gasteiger charge is -2.32. The van der Waals surface area contributed by atoms with Crippen LogP contribution >= 0.6 is 0 Å². The number of amides is 2. The Morgan fingerprint density at radius 2 is 1.86 bits per heavy atom. The standard InChI is InChI=1S/C17H25N3O2/c18-12-16(21)19-13-17(22)20-10-8-15(9-11-20)7-6-14-4-2-1-3-5-14/h1-5,15H,6-13,18H2,(H,19,21). The molecule has 1 heterocycles. The molecule has 0 aliphatic carbocycles. The molecule has 1 saturated heterocycles. The number of likely N-dealkylation sites (tertiary alicyclic amines) is 1. The van der Waals surface area contributed by atoms with Gasteiger partial charge < -0.3 is 16.0 Å². The molecule has 1 aromatic rings. The Hall–Kier alpha value is -1.88. The quantitative estimate of drug-likeness (QED) is 0.821. The van der Waals surface area contributed by atoms with Crippen LogP contribution in [0.15, 0.2) is 30.3 Å². The third kappa shape index (κ3) is 5.15. The number of nitrogens with one attached hydrogen (secondary N) is 1. The minimum atomic E-state index is -0.286. The van der Waals surface area contributed by atoms with Crippen molar-refractivity contribution in [1.29, 1.82) is 0 Å². The fraction of sp³-hybridized carbons (Fsp3) is 0.529. The predicted molar refractivity (Wildman–Crippen MR) is 86.1 cm³/mol. The van der Waals surface area contributed by atoms with Crippen molar-refractivity contribution in [3.05, 3.63) is 35.9 Å². The van der Waals surface area contributed by atoms with Gasteiger partial charge in [-0.3, -0.25) is 9.59 Å². The van der Waals surface area contributed by atoms with Crippen LogP contribution in [0.1, 0.15) is 24.8 Å². The fourth-order valence-corrected chi connectivity index (χ4v) is 2.84. The van der Waals surface area contributed by atoms with Crippen molar-refractivity contribution in [2.75, 3.05) is 26.2 Å². The van der Waals surface area contributed by atoms with E-state index in [2.05, 4.69) is 29.6 Å². The number of nitrogens with two attached hydrogens (primary N) is 1. The summed E-state index contributed by atoms with van der Waals surface area (Å²) in [5.41, 5.74) is 6.58. The highest BCUT2D eigenvalue weighted by Gasteiger charge is 2.22. The minimum Gasteiger partial charge on any atom is -0.346 e. The summed E-state index contributed by atoms with van der Waals surface area (Å²) in [6.07, 6.45) is 4.37. The Kier molecular flexibility index (Phi) is 6.40. The van der Waals surface area contributed by atoms with Crippen LogP contribution in [-0.4, -0.2) is 42.9 Å². The Labute approximate surface area is 131 Å². The zero-order chi connectivity index (χ0) is 15.8. The molecule has 0 unspecified atom stereocenters. The van der Waals surface area contributed by atoms with Gasteiger partial charge in [0.2, 0.25) is 11.8 Å². The first-order valence-corrected chi connectivity index (χ1v) is 7.97. The molecule has 2 amide bonds. The van der Waals surface area contributed by atoms with Gasteiger partial charge in [0, 0.05) is 13.1 Å². The van der Waals surface area contributed by atoms with Crippen molar-refractivity contribution in [2.45, 2.75) is 25.7 Å². The van der Waals surface area contributed by atoms with Crippen molar-refractivity contribution in [3.8, 4) is 0 Å². The minimum absolute atomic E-state index is 0.0108. The van der Waals surface area contributed by atoms with Crippen LogP contribution in [-0.2, 0) is 16.0 Å². The molecule has 22 heavy (non-hydrogen) atoms. The highest BCUT2D eigenvalue weighted by atomic mass is 16.2. The number of benzene rings is 1. The fourth-order valence-electron chi connectivity index (χ4n) is 2.84. The average molecular weight is 303 g/mol. The number of hydrogen-bond acceptors (Lipinski definition) is 3. The highest BCUT2D eigenvalue weighted by molar-refractivity contribution is 5.85. The first-order valence-electron chi connectivity index (χ1n) is 7.97. The summed E-state index contributed by atoms with van der Waals surface area (Å²) in [7, 11) is 0. The second-order valence-electron chi connectivity index (χ2n) is 5.83. The third-order valence-corrected chi connectivity index (χ3v) is 4.27. The first-order chi connectivity index (χ1) is 10.7. The second kappa shape index (κ2) is 8.54. The number of rotatable bonds is 6. The van der Waals surface area contributed by atoms with Gasteiger partial charge in [-0.2, -0.15) is 0 Å². The topological polar surface area (TPSA) is 75.4 Å². The molecule has 0 bridgehead atoms. The molecule has 2 rings (SSSR count). The number of carbonyl (C=O) groups excluding carboxylic acids is 2. The lowest BCUT2D eigenvalue weighted by molar-refractivity contribution is -0.133. The largest absolute Gasteiger partial charge is 0.346 e. The van der Waals surface area contributed by atoms with E-state index in [1.165, 1.54) is 12.0 Å². The van der Waals surface area contributed by atoms with Crippen molar-refractivity contribution < 1.29 is 9.59 Å². The Bertz CT molecular complexity index is 482. The van der Waals surface area contributed by atoms with E-state index in [0.717, 1.165) is 32.4 Å². The molecular formula is C17H25N3O2. The van der Waals surface area contributed by atoms with Crippen molar-refractivity contribution in [3.63, 3.8) is 0 Å². The van der Waals surface area contributed by atoms with Gasteiger partial charge in [-0.15, -0.1) is 0 Å². The zero-order valence-electron chi connectivity index (χ0n) is 13.0. The molecule has 0 saturated carbocycles. The van der Waals surface area contributed by atoms with E-state index < -0.39 is 0 Å². The predicted octanol–water partition coefficient (Wildman–Crippen LogP) is 0.933. The van der Waals surface area contributed by atoms with E-state index in [1.807, 2.05) is 11.0 Å². The summed E-state index contributed by atoms with van der Waals surface area (Å²) in [5.74, 6) is 0.386. The van der Waals surface area contributed by atoms with Gasteiger partial charge >= 0.3 is 0 Å². The van der Waals surface area contributed by atoms with Gasteiger partial charge in [0.25, 0.3) is 0 Å². The molecule has 0 aromatic heterocycles. The van der Waals surface area contributed by atoms with E-state index in [1.54, 1.807) is 0 Å². The summed E-state index contributed by atoms with van der Waals surface area (Å²) in [5, 5.41) is 2.53. The van der Waals surface area contributed by atoms with Crippen LogP contribution in [0.4, 0.5) is 0 Å². The molecule has 1 fully saturated rings. The third-order valence-electron chi connectivity index (χ3n) is 4.27. The molecule has 3 N–H and O–H groups in total. The molecule has 1 aliphatic heterocycles. The van der Waals surface area contributed by atoms with E-state index in [9.17, 15) is 9.59 Å². The molecule has 0 spiro atoms. The van der Waals surface area contributed by atoms with Gasteiger partial charge in [0.1, 0.15) is 0 Å². The number of piperidine rings is 1. The van der Waals surface area contributed by atoms with E-state index in [0.29, 0.717) is 5.92 Å². The van der Waals surface area contributed by atoms with Crippen LogP contribution in [0.2, 0.25) is 0 Å². The monoisotopic (exact) mass is 303 g/mol. The second-order valence-corrected chi connectivity index (χ2v) is 5.83. The molecule has 120 valence electrons. The Morgan fingerprint density at radius 3 is 2.50 bits per heavy atom. The van der Waals surface area contributed by atoms with Crippen LogP contribution in [0.5, 0.6) is 0 Å². The molecule has 1 aromatic carbocycles. The van der Waals surface area contributed by atoms with Crippen molar-refractivity contribution >= 4 is 11.8 Å². The number of carbonyl (C=O) groups is 2. The van der Waals surface area contributed by atoms with E-state index >= 15 is 0 Å². The average Bonchev–Trinajstić information content (AvgIpc) is 2.59. The number of hydrogen-bond donors (Lipinski definition) is 2. The SMILES string of the molecule is NCC(=O)NCC(=O)N1CCC(CCc2ccccc2)CC1. The van der Waals surface area contributed by atoms with Crippen LogP contribution in [0.25, 0.3) is 0 Å². The number of aryl methyl sites for hydroxylation is 1. The van der Waals surface area contributed by atoms with Crippen LogP contribution in [0, 0.1) is 5.92 Å². The maximum atomic E-state index is 12.0. The lowest BCUT2D eigenvalue weighted by atomic mass is 9.90. The number of nitrogens with zero attached hydrogens (tertiary/aromatic N) is 1. The Morgan fingerprint density at radius 1 is 1.18 bits per heavy atom. The maximum absolute atomic E-state index is 12.0. The molecular weight excluding hydrogens is 278 g/mol.